The number of rotatable bonds is 7. The van der Waals surface area contributed by atoms with E-state index < -0.39 is 6.61 Å². The van der Waals surface area contributed by atoms with Gasteiger partial charge >= 0.3 is 6.61 Å². The van der Waals surface area contributed by atoms with E-state index in [2.05, 4.69) is 17.0 Å². The average molecular weight is 229 g/mol. The van der Waals surface area contributed by atoms with E-state index in [1.165, 1.54) is 0 Å². The molecule has 0 spiro atoms. The van der Waals surface area contributed by atoms with Gasteiger partial charge in [-0.05, 0) is 19.0 Å². The number of benzene rings is 1. The van der Waals surface area contributed by atoms with Crippen LogP contribution in [0.2, 0.25) is 0 Å². The first kappa shape index (κ1) is 12.9. The smallest absolute Gasteiger partial charge is 0.387 e. The van der Waals surface area contributed by atoms with Gasteiger partial charge in [-0.15, -0.1) is 0 Å². The lowest BCUT2D eigenvalue weighted by atomic mass is 10.2. The molecule has 1 aromatic rings. The molecule has 0 bridgehead atoms. The lowest BCUT2D eigenvalue weighted by Gasteiger charge is -2.10. The van der Waals surface area contributed by atoms with E-state index >= 15 is 0 Å². The van der Waals surface area contributed by atoms with Gasteiger partial charge in [0.1, 0.15) is 5.75 Å². The van der Waals surface area contributed by atoms with E-state index in [0.717, 1.165) is 24.9 Å². The summed E-state index contributed by atoms with van der Waals surface area (Å²) < 4.78 is 28.6. The van der Waals surface area contributed by atoms with Gasteiger partial charge in [-0.2, -0.15) is 8.78 Å². The Kier molecular flexibility index (Phi) is 5.78. The molecule has 4 heteroatoms. The molecular formula is C12H17F2NO. The molecule has 1 aromatic carbocycles. The number of halogens is 2. The van der Waals surface area contributed by atoms with Crippen LogP contribution < -0.4 is 10.1 Å². The quantitative estimate of drug-likeness (QED) is 0.725. The average Bonchev–Trinajstić information content (AvgIpc) is 2.26. The van der Waals surface area contributed by atoms with Crippen molar-refractivity contribution in [3.05, 3.63) is 29.8 Å². The molecule has 16 heavy (non-hydrogen) atoms. The summed E-state index contributed by atoms with van der Waals surface area (Å²) in [6, 6.07) is 6.85. The van der Waals surface area contributed by atoms with Crippen LogP contribution in [-0.4, -0.2) is 13.2 Å². The number of ether oxygens (including phenoxy) is 1. The normalized spacial score (nSPS) is 10.8. The lowest BCUT2D eigenvalue weighted by Crippen LogP contribution is -2.15. The second kappa shape index (κ2) is 7.17. The number of unbranched alkanes of at least 4 members (excludes halogenated alkanes) is 1. The number of para-hydroxylation sites is 1. The van der Waals surface area contributed by atoms with Crippen LogP contribution in [0.4, 0.5) is 8.78 Å². The highest BCUT2D eigenvalue weighted by atomic mass is 19.3. The van der Waals surface area contributed by atoms with Crippen molar-refractivity contribution in [2.24, 2.45) is 0 Å². The minimum atomic E-state index is -2.77. The Morgan fingerprint density at radius 1 is 1.31 bits per heavy atom. The highest BCUT2D eigenvalue weighted by molar-refractivity contribution is 5.33. The molecule has 0 aliphatic carbocycles. The van der Waals surface area contributed by atoms with Crippen LogP contribution in [0.3, 0.4) is 0 Å². The Morgan fingerprint density at radius 3 is 2.75 bits per heavy atom. The molecule has 0 radical (unpaired) electrons. The Labute approximate surface area is 94.6 Å². The predicted octanol–water partition coefficient (Wildman–Crippen LogP) is 3.18. The van der Waals surface area contributed by atoms with Crippen LogP contribution in [0.5, 0.6) is 5.75 Å². The second-order valence-electron chi connectivity index (χ2n) is 3.52. The topological polar surface area (TPSA) is 21.3 Å². The van der Waals surface area contributed by atoms with Crippen molar-refractivity contribution < 1.29 is 13.5 Å². The Balaban J connectivity index is 2.50. The predicted molar refractivity (Wildman–Crippen MR) is 59.7 cm³/mol. The van der Waals surface area contributed by atoms with Crippen molar-refractivity contribution in [2.45, 2.75) is 32.9 Å². The molecule has 0 atom stereocenters. The van der Waals surface area contributed by atoms with Gasteiger partial charge in [0.2, 0.25) is 0 Å². The molecule has 0 amide bonds. The van der Waals surface area contributed by atoms with Gasteiger partial charge in [0.05, 0.1) is 0 Å². The summed E-state index contributed by atoms with van der Waals surface area (Å²) in [5, 5.41) is 3.19. The first-order valence-corrected chi connectivity index (χ1v) is 5.47. The fourth-order valence-corrected chi connectivity index (χ4v) is 1.39. The van der Waals surface area contributed by atoms with Crippen LogP contribution >= 0.6 is 0 Å². The van der Waals surface area contributed by atoms with Gasteiger partial charge in [0.15, 0.2) is 0 Å². The van der Waals surface area contributed by atoms with Gasteiger partial charge in [0.25, 0.3) is 0 Å². The van der Waals surface area contributed by atoms with E-state index in [1.54, 1.807) is 18.2 Å². The van der Waals surface area contributed by atoms with Crippen molar-refractivity contribution in [2.75, 3.05) is 6.54 Å². The first-order valence-electron chi connectivity index (χ1n) is 5.47. The SMILES string of the molecule is CCCCNCc1ccccc1OC(F)F. The maximum Gasteiger partial charge on any atom is 0.387 e. The van der Waals surface area contributed by atoms with Gasteiger partial charge in [0, 0.05) is 12.1 Å². The maximum atomic E-state index is 12.1. The van der Waals surface area contributed by atoms with Crippen LogP contribution in [0, 0.1) is 0 Å². The van der Waals surface area contributed by atoms with Crippen LogP contribution in [0.25, 0.3) is 0 Å². The van der Waals surface area contributed by atoms with Crippen molar-refractivity contribution in [1.29, 1.82) is 0 Å². The standard InChI is InChI=1S/C12H17F2NO/c1-2-3-8-15-9-10-6-4-5-7-11(10)16-12(13)14/h4-7,12,15H,2-3,8-9H2,1H3. The maximum absolute atomic E-state index is 12.1. The summed E-state index contributed by atoms with van der Waals surface area (Å²) >= 11 is 0. The Hall–Kier alpha value is -1.16. The molecule has 0 aliphatic heterocycles. The van der Waals surface area contributed by atoms with Gasteiger partial charge in [-0.3, -0.25) is 0 Å². The number of alkyl halides is 2. The Morgan fingerprint density at radius 2 is 2.06 bits per heavy atom. The van der Waals surface area contributed by atoms with Crippen molar-refractivity contribution in [1.82, 2.24) is 5.32 Å². The van der Waals surface area contributed by atoms with Gasteiger partial charge in [-0.1, -0.05) is 31.5 Å². The second-order valence-corrected chi connectivity index (χ2v) is 3.52. The highest BCUT2D eigenvalue weighted by Crippen LogP contribution is 2.19. The van der Waals surface area contributed by atoms with E-state index in [4.69, 9.17) is 0 Å². The molecule has 2 nitrogen and oxygen atoms in total. The fraction of sp³-hybridized carbons (Fsp3) is 0.500. The van der Waals surface area contributed by atoms with Crippen molar-refractivity contribution in [3.8, 4) is 5.75 Å². The zero-order valence-corrected chi connectivity index (χ0v) is 9.38. The van der Waals surface area contributed by atoms with E-state index in [9.17, 15) is 8.78 Å². The summed E-state index contributed by atoms with van der Waals surface area (Å²) in [7, 11) is 0. The van der Waals surface area contributed by atoms with E-state index in [-0.39, 0.29) is 5.75 Å². The summed E-state index contributed by atoms with van der Waals surface area (Å²) in [4.78, 5) is 0. The number of hydrogen-bond acceptors (Lipinski definition) is 2. The number of nitrogens with one attached hydrogen (secondary N) is 1. The molecular weight excluding hydrogens is 212 g/mol. The Bertz CT molecular complexity index is 305. The van der Waals surface area contributed by atoms with Crippen LogP contribution in [-0.2, 0) is 6.54 Å². The van der Waals surface area contributed by atoms with E-state index in [1.807, 2.05) is 6.07 Å². The fourth-order valence-electron chi connectivity index (χ4n) is 1.39. The molecule has 0 unspecified atom stereocenters. The molecule has 0 aromatic heterocycles. The zero-order chi connectivity index (χ0) is 11.8. The summed E-state index contributed by atoms with van der Waals surface area (Å²) in [5.41, 5.74) is 0.763. The lowest BCUT2D eigenvalue weighted by molar-refractivity contribution is -0.0504. The number of hydrogen-bond donors (Lipinski definition) is 1. The summed E-state index contributed by atoms with van der Waals surface area (Å²) in [6.07, 6.45) is 2.19. The third-order valence-corrected chi connectivity index (χ3v) is 2.21. The monoisotopic (exact) mass is 229 g/mol. The molecule has 0 saturated heterocycles. The van der Waals surface area contributed by atoms with Crippen molar-refractivity contribution >= 4 is 0 Å². The molecule has 0 fully saturated rings. The van der Waals surface area contributed by atoms with E-state index in [0.29, 0.717) is 6.54 Å². The highest BCUT2D eigenvalue weighted by Gasteiger charge is 2.08. The largest absolute Gasteiger partial charge is 0.434 e. The molecule has 1 rings (SSSR count). The third kappa shape index (κ3) is 4.57. The first-order chi connectivity index (χ1) is 7.74. The van der Waals surface area contributed by atoms with Crippen LogP contribution in [0.15, 0.2) is 24.3 Å². The molecule has 90 valence electrons. The third-order valence-electron chi connectivity index (χ3n) is 2.21. The molecule has 0 heterocycles. The minimum absolute atomic E-state index is 0.251. The molecule has 0 aliphatic rings. The molecule has 0 saturated carbocycles. The summed E-state index contributed by atoms with van der Waals surface area (Å²) in [6.45, 7) is 0.787. The summed E-state index contributed by atoms with van der Waals surface area (Å²) in [5.74, 6) is 0.251. The van der Waals surface area contributed by atoms with Crippen LogP contribution in [0.1, 0.15) is 25.3 Å². The minimum Gasteiger partial charge on any atom is -0.434 e. The van der Waals surface area contributed by atoms with Gasteiger partial charge < -0.3 is 10.1 Å². The molecule has 1 N–H and O–H groups in total. The van der Waals surface area contributed by atoms with Gasteiger partial charge in [-0.25, -0.2) is 0 Å². The van der Waals surface area contributed by atoms with Crippen molar-refractivity contribution in [3.63, 3.8) is 0 Å². The zero-order valence-electron chi connectivity index (χ0n) is 9.38.